The minimum atomic E-state index is -0.567. The van der Waals surface area contributed by atoms with Crippen molar-refractivity contribution in [1.29, 1.82) is 5.26 Å². The predicted octanol–water partition coefficient (Wildman–Crippen LogP) is 2.04. The molecule has 0 radical (unpaired) electrons. The third-order valence-electron chi connectivity index (χ3n) is 3.77. The van der Waals surface area contributed by atoms with Crippen LogP contribution in [0.3, 0.4) is 0 Å². The molecule has 0 spiro atoms. The smallest absolute Gasteiger partial charge is 0.244 e. The molecule has 0 saturated carbocycles. The number of phenolic OH excluding ortho intramolecular Hbond substituents is 1. The van der Waals surface area contributed by atoms with Gasteiger partial charge in [-0.1, -0.05) is 12.1 Å². The van der Waals surface area contributed by atoms with Gasteiger partial charge in [0.05, 0.1) is 12.5 Å². The summed E-state index contributed by atoms with van der Waals surface area (Å²) in [5.41, 5.74) is 8.02. The van der Waals surface area contributed by atoms with Crippen molar-refractivity contribution in [1.82, 2.24) is 10.2 Å². The fourth-order valence-corrected chi connectivity index (χ4v) is 2.75. The maximum absolute atomic E-state index is 10.6. The van der Waals surface area contributed by atoms with Gasteiger partial charge in [0.2, 0.25) is 11.8 Å². The number of hydrogen-bond donors (Lipinski definition) is 3. The van der Waals surface area contributed by atoms with E-state index >= 15 is 0 Å². The second-order valence-corrected chi connectivity index (χ2v) is 5.12. The summed E-state index contributed by atoms with van der Waals surface area (Å²) in [7, 11) is 0. The number of para-hydroxylation sites is 1. The number of H-pyrrole nitrogens is 1. The number of aromatic nitrogens is 2. The van der Waals surface area contributed by atoms with E-state index in [2.05, 4.69) is 16.3 Å². The van der Waals surface area contributed by atoms with Gasteiger partial charge in [0.25, 0.3) is 0 Å². The Morgan fingerprint density at radius 1 is 1.52 bits per heavy atom. The van der Waals surface area contributed by atoms with E-state index in [1.165, 1.54) is 0 Å². The number of hydrogen-bond acceptors (Lipinski definition) is 6. The first-order valence-electron chi connectivity index (χ1n) is 7.15. The molecule has 23 heavy (non-hydrogen) atoms. The molecule has 7 nitrogen and oxygen atoms in total. The van der Waals surface area contributed by atoms with Crippen molar-refractivity contribution in [2.75, 3.05) is 6.61 Å². The summed E-state index contributed by atoms with van der Waals surface area (Å²) in [5.74, 6) is 0.0641. The quantitative estimate of drug-likeness (QED) is 0.798. The fourth-order valence-electron chi connectivity index (χ4n) is 2.75. The molecule has 1 aliphatic heterocycles. The molecule has 1 aromatic carbocycles. The van der Waals surface area contributed by atoms with Gasteiger partial charge in [-0.15, -0.1) is 5.10 Å². The predicted molar refractivity (Wildman–Crippen MR) is 81.9 cm³/mol. The molecule has 0 saturated heterocycles. The summed E-state index contributed by atoms with van der Waals surface area (Å²) in [5, 5.41) is 26.9. The van der Waals surface area contributed by atoms with Crippen LogP contribution in [0.5, 0.6) is 17.4 Å². The Balaban J connectivity index is 2.23. The molecule has 7 heteroatoms. The number of aromatic hydroxyl groups is 1. The van der Waals surface area contributed by atoms with Gasteiger partial charge < -0.3 is 20.3 Å². The van der Waals surface area contributed by atoms with Crippen molar-refractivity contribution in [3.63, 3.8) is 0 Å². The van der Waals surface area contributed by atoms with Crippen molar-refractivity contribution in [3.05, 3.63) is 46.5 Å². The average Bonchev–Trinajstić information content (AvgIpc) is 2.89. The number of aryl methyl sites for hydroxylation is 1. The lowest BCUT2D eigenvalue weighted by atomic mass is 9.83. The molecule has 3 rings (SSSR count). The molecule has 2 aromatic rings. The highest BCUT2D eigenvalue weighted by molar-refractivity contribution is 5.60. The number of nitrogens with two attached hydrogens (primary N) is 1. The zero-order valence-electron chi connectivity index (χ0n) is 12.8. The lowest BCUT2D eigenvalue weighted by Gasteiger charge is -2.24. The van der Waals surface area contributed by atoms with E-state index in [9.17, 15) is 10.4 Å². The van der Waals surface area contributed by atoms with Crippen LogP contribution >= 0.6 is 0 Å². The summed E-state index contributed by atoms with van der Waals surface area (Å²) >= 11 is 0. The van der Waals surface area contributed by atoms with Crippen molar-refractivity contribution >= 4 is 0 Å². The number of rotatable bonds is 3. The van der Waals surface area contributed by atoms with Crippen LogP contribution in [0, 0.1) is 18.3 Å². The minimum absolute atomic E-state index is 0.0160. The van der Waals surface area contributed by atoms with Crippen LogP contribution in [-0.2, 0) is 0 Å². The van der Waals surface area contributed by atoms with Gasteiger partial charge in [-0.25, -0.2) is 0 Å². The van der Waals surface area contributed by atoms with Gasteiger partial charge >= 0.3 is 0 Å². The Kier molecular flexibility index (Phi) is 3.58. The highest BCUT2D eigenvalue weighted by Crippen LogP contribution is 2.47. The van der Waals surface area contributed by atoms with E-state index in [-0.39, 0.29) is 17.2 Å². The van der Waals surface area contributed by atoms with E-state index in [0.717, 1.165) is 5.69 Å². The second-order valence-electron chi connectivity index (χ2n) is 5.12. The van der Waals surface area contributed by atoms with E-state index in [1.807, 2.05) is 13.8 Å². The molecular formula is C16H16N4O3. The molecule has 1 aromatic heterocycles. The Labute approximate surface area is 132 Å². The molecule has 2 heterocycles. The summed E-state index contributed by atoms with van der Waals surface area (Å²) in [6.07, 6.45) is 0. The van der Waals surface area contributed by atoms with Crippen LogP contribution in [0.2, 0.25) is 0 Å². The van der Waals surface area contributed by atoms with E-state index in [1.54, 1.807) is 18.2 Å². The Bertz CT molecular complexity index is 832. The van der Waals surface area contributed by atoms with Crippen LogP contribution in [0.15, 0.2) is 29.7 Å². The first-order chi connectivity index (χ1) is 11.1. The van der Waals surface area contributed by atoms with Crippen LogP contribution in [0.25, 0.3) is 0 Å². The van der Waals surface area contributed by atoms with Crippen LogP contribution < -0.4 is 15.2 Å². The molecule has 1 atom stereocenters. The highest BCUT2D eigenvalue weighted by Gasteiger charge is 2.36. The van der Waals surface area contributed by atoms with E-state index < -0.39 is 5.92 Å². The number of allylic oxidation sites excluding steroid dienone is 1. The van der Waals surface area contributed by atoms with Crippen LogP contribution in [0.4, 0.5) is 0 Å². The number of phenols is 1. The number of nitriles is 1. The zero-order valence-corrected chi connectivity index (χ0v) is 12.8. The number of ether oxygens (including phenoxy) is 2. The Morgan fingerprint density at radius 2 is 2.30 bits per heavy atom. The largest absolute Gasteiger partial charge is 0.504 e. The Hall–Kier alpha value is -3.14. The van der Waals surface area contributed by atoms with Gasteiger partial charge in [0.1, 0.15) is 11.6 Å². The molecule has 0 aliphatic carbocycles. The fraction of sp³-hybridized carbons (Fsp3) is 0.250. The highest BCUT2D eigenvalue weighted by atomic mass is 16.5. The number of aromatic amines is 1. The number of nitrogens with one attached hydrogen (secondary N) is 1. The summed E-state index contributed by atoms with van der Waals surface area (Å²) in [6, 6.07) is 7.24. The van der Waals surface area contributed by atoms with Gasteiger partial charge in [-0.3, -0.25) is 5.10 Å². The summed E-state index contributed by atoms with van der Waals surface area (Å²) in [4.78, 5) is 0. The molecule has 0 bridgehead atoms. The molecule has 118 valence electrons. The van der Waals surface area contributed by atoms with Gasteiger partial charge in [-0.2, -0.15) is 5.26 Å². The molecular weight excluding hydrogens is 296 g/mol. The third-order valence-corrected chi connectivity index (χ3v) is 3.77. The maximum atomic E-state index is 10.6. The minimum Gasteiger partial charge on any atom is -0.504 e. The number of fused-ring (bicyclic) bond motifs is 1. The zero-order chi connectivity index (χ0) is 16.6. The lowest BCUT2D eigenvalue weighted by molar-refractivity contribution is 0.316. The maximum Gasteiger partial charge on any atom is 0.244 e. The standard InChI is InChI=1S/C16H16N4O3/c1-3-22-11-6-4-5-9(14(11)21)13-10(7-17)15(18)23-16-12(13)8(2)19-20-16/h4-6,13,21H,3,18H2,1-2H3,(H,19,20). The molecule has 0 amide bonds. The van der Waals surface area contributed by atoms with Crippen LogP contribution in [-0.4, -0.2) is 21.9 Å². The summed E-state index contributed by atoms with van der Waals surface area (Å²) < 4.78 is 10.8. The molecule has 0 fully saturated rings. The topological polar surface area (TPSA) is 117 Å². The van der Waals surface area contributed by atoms with Crippen molar-refractivity contribution in [2.45, 2.75) is 19.8 Å². The van der Waals surface area contributed by atoms with E-state index in [4.69, 9.17) is 15.2 Å². The summed E-state index contributed by atoms with van der Waals surface area (Å²) in [6.45, 7) is 4.07. The SMILES string of the molecule is CCOc1cccc(C2C(C#N)=C(N)Oc3n[nH]c(C)c32)c1O. The first-order valence-corrected chi connectivity index (χ1v) is 7.15. The molecule has 4 N–H and O–H groups in total. The van der Waals surface area contributed by atoms with Gasteiger partial charge in [0, 0.05) is 16.8 Å². The van der Waals surface area contributed by atoms with Crippen LogP contribution in [0.1, 0.15) is 29.7 Å². The molecule has 1 aliphatic rings. The second kappa shape index (κ2) is 5.57. The normalized spacial score (nSPS) is 16.5. The molecule has 1 unspecified atom stereocenters. The van der Waals surface area contributed by atoms with E-state index in [0.29, 0.717) is 29.4 Å². The van der Waals surface area contributed by atoms with Gasteiger partial charge in [0.15, 0.2) is 11.5 Å². The average molecular weight is 312 g/mol. The van der Waals surface area contributed by atoms with Gasteiger partial charge in [-0.05, 0) is 19.9 Å². The van der Waals surface area contributed by atoms with Crippen molar-refractivity contribution in [2.24, 2.45) is 5.73 Å². The Morgan fingerprint density at radius 3 is 3.00 bits per heavy atom. The number of benzene rings is 1. The third kappa shape index (κ3) is 2.25. The lowest BCUT2D eigenvalue weighted by Crippen LogP contribution is -2.21. The first kappa shape index (κ1) is 14.8. The van der Waals surface area contributed by atoms with Crippen molar-refractivity contribution in [3.8, 4) is 23.4 Å². The number of nitrogens with zero attached hydrogens (tertiary/aromatic N) is 2. The monoisotopic (exact) mass is 312 g/mol. The van der Waals surface area contributed by atoms with Crippen molar-refractivity contribution < 1.29 is 14.6 Å².